The summed E-state index contributed by atoms with van der Waals surface area (Å²) >= 11 is 0. The second-order valence-electron chi connectivity index (χ2n) is 5.99. The Bertz CT molecular complexity index is 288. The first-order valence-electron chi connectivity index (χ1n) is 7.93. The first kappa shape index (κ1) is 15.7. The van der Waals surface area contributed by atoms with Gasteiger partial charge in [0.25, 0.3) is 0 Å². The van der Waals surface area contributed by atoms with Crippen molar-refractivity contribution in [3.8, 4) is 0 Å². The van der Waals surface area contributed by atoms with E-state index >= 15 is 0 Å². The summed E-state index contributed by atoms with van der Waals surface area (Å²) in [5.74, 6) is 0.690. The molecule has 4 nitrogen and oxygen atoms in total. The summed E-state index contributed by atoms with van der Waals surface area (Å²) in [5.41, 5.74) is 0. The van der Waals surface area contributed by atoms with Gasteiger partial charge in [0.05, 0.1) is 6.67 Å². The maximum atomic E-state index is 12.1. The average Bonchev–Trinajstić information content (AvgIpc) is 2.47. The third kappa shape index (κ3) is 5.37. The fourth-order valence-electron chi connectivity index (χ4n) is 3.09. The van der Waals surface area contributed by atoms with Gasteiger partial charge >= 0.3 is 0 Å². The van der Waals surface area contributed by atoms with E-state index in [9.17, 15) is 9.18 Å². The summed E-state index contributed by atoms with van der Waals surface area (Å²) in [6.07, 6.45) is 5.28. The molecule has 0 aliphatic carbocycles. The van der Waals surface area contributed by atoms with E-state index in [1.165, 1.54) is 0 Å². The van der Waals surface area contributed by atoms with Crippen LogP contribution in [0.1, 0.15) is 38.5 Å². The molecular formula is C15H27FN2O2. The molecule has 0 aromatic carbocycles. The topological polar surface area (TPSA) is 41.6 Å². The second-order valence-corrected chi connectivity index (χ2v) is 5.99. The number of halogens is 1. The maximum Gasteiger partial charge on any atom is 0.220 e. The largest absolute Gasteiger partial charge is 0.381 e. The first-order valence-corrected chi connectivity index (χ1v) is 7.93. The zero-order valence-corrected chi connectivity index (χ0v) is 12.3. The Morgan fingerprint density at radius 2 is 1.90 bits per heavy atom. The van der Waals surface area contributed by atoms with Gasteiger partial charge in [0, 0.05) is 32.2 Å². The standard InChI is InChI=1S/C15H27FN2O2/c16-6-1-7-18-8-2-13(3-9-18)12-15(19)17-14-4-10-20-11-5-14/h13-14H,1-12H2,(H,17,19). The van der Waals surface area contributed by atoms with Crippen molar-refractivity contribution in [2.45, 2.75) is 44.6 Å². The number of nitrogens with zero attached hydrogens (tertiary/aromatic N) is 1. The summed E-state index contributed by atoms with van der Waals surface area (Å²) in [7, 11) is 0. The molecule has 0 radical (unpaired) electrons. The summed E-state index contributed by atoms with van der Waals surface area (Å²) in [5, 5.41) is 3.13. The van der Waals surface area contributed by atoms with Crippen LogP contribution in [0.2, 0.25) is 0 Å². The van der Waals surface area contributed by atoms with E-state index in [-0.39, 0.29) is 12.6 Å². The minimum Gasteiger partial charge on any atom is -0.381 e. The van der Waals surface area contributed by atoms with Gasteiger partial charge in [0.15, 0.2) is 0 Å². The summed E-state index contributed by atoms with van der Waals surface area (Å²) < 4.78 is 17.4. The van der Waals surface area contributed by atoms with Crippen LogP contribution in [-0.2, 0) is 9.53 Å². The monoisotopic (exact) mass is 286 g/mol. The number of hydrogen-bond acceptors (Lipinski definition) is 3. The summed E-state index contributed by atoms with van der Waals surface area (Å²) in [4.78, 5) is 14.3. The lowest BCUT2D eigenvalue weighted by molar-refractivity contribution is -0.123. The highest BCUT2D eigenvalue weighted by Crippen LogP contribution is 2.21. The fraction of sp³-hybridized carbons (Fsp3) is 0.933. The lowest BCUT2D eigenvalue weighted by Crippen LogP contribution is -2.41. The van der Waals surface area contributed by atoms with Crippen LogP contribution < -0.4 is 5.32 Å². The van der Waals surface area contributed by atoms with Crippen molar-refractivity contribution in [3.05, 3.63) is 0 Å². The molecule has 2 aliphatic heterocycles. The van der Waals surface area contributed by atoms with Gasteiger partial charge in [-0.1, -0.05) is 0 Å². The number of rotatable bonds is 6. The van der Waals surface area contributed by atoms with Crippen LogP contribution in [0.4, 0.5) is 4.39 Å². The number of carbonyl (C=O) groups is 1. The molecule has 0 unspecified atom stereocenters. The SMILES string of the molecule is O=C(CC1CCN(CCCF)CC1)NC1CCOCC1. The van der Waals surface area contributed by atoms with E-state index in [1.807, 2.05) is 0 Å². The molecule has 0 aromatic heterocycles. The van der Waals surface area contributed by atoms with Crippen molar-refractivity contribution in [2.24, 2.45) is 5.92 Å². The number of ether oxygens (including phenoxy) is 1. The van der Waals surface area contributed by atoms with Gasteiger partial charge in [0.2, 0.25) is 5.91 Å². The quantitative estimate of drug-likeness (QED) is 0.809. The lowest BCUT2D eigenvalue weighted by atomic mass is 9.93. The summed E-state index contributed by atoms with van der Waals surface area (Å²) in [6, 6.07) is 0.306. The molecule has 116 valence electrons. The van der Waals surface area contributed by atoms with E-state index in [1.54, 1.807) is 0 Å². The second kappa shape index (κ2) is 8.57. The van der Waals surface area contributed by atoms with Gasteiger partial charge in [-0.25, -0.2) is 0 Å². The number of nitrogens with one attached hydrogen (secondary N) is 1. The predicted molar refractivity (Wildman–Crippen MR) is 76.4 cm³/mol. The molecular weight excluding hydrogens is 259 g/mol. The minimum absolute atomic E-state index is 0.194. The molecule has 0 saturated carbocycles. The van der Waals surface area contributed by atoms with Gasteiger partial charge < -0.3 is 15.0 Å². The Hall–Kier alpha value is -0.680. The van der Waals surface area contributed by atoms with Crippen LogP contribution in [0.5, 0.6) is 0 Å². The van der Waals surface area contributed by atoms with Crippen molar-refractivity contribution in [1.82, 2.24) is 10.2 Å². The first-order chi connectivity index (χ1) is 9.78. The van der Waals surface area contributed by atoms with E-state index in [0.29, 0.717) is 24.8 Å². The molecule has 2 rings (SSSR count). The van der Waals surface area contributed by atoms with Crippen molar-refractivity contribution in [1.29, 1.82) is 0 Å². The Balaban J connectivity index is 1.60. The minimum atomic E-state index is -0.229. The van der Waals surface area contributed by atoms with E-state index in [2.05, 4.69) is 10.2 Å². The molecule has 0 spiro atoms. The molecule has 2 aliphatic rings. The van der Waals surface area contributed by atoms with Crippen LogP contribution in [0.15, 0.2) is 0 Å². The van der Waals surface area contributed by atoms with Crippen molar-refractivity contribution >= 4 is 5.91 Å². The lowest BCUT2D eigenvalue weighted by Gasteiger charge is -2.32. The molecule has 1 amide bonds. The highest BCUT2D eigenvalue weighted by Gasteiger charge is 2.23. The number of hydrogen-bond donors (Lipinski definition) is 1. The van der Waals surface area contributed by atoms with Gasteiger partial charge in [0.1, 0.15) is 0 Å². The van der Waals surface area contributed by atoms with Gasteiger partial charge in [-0.05, 0) is 51.1 Å². The maximum absolute atomic E-state index is 12.1. The van der Waals surface area contributed by atoms with Crippen molar-refractivity contribution in [2.75, 3.05) is 39.5 Å². The number of likely N-dealkylation sites (tertiary alicyclic amines) is 1. The highest BCUT2D eigenvalue weighted by molar-refractivity contribution is 5.76. The molecule has 2 fully saturated rings. The molecule has 0 atom stereocenters. The zero-order chi connectivity index (χ0) is 14.2. The van der Waals surface area contributed by atoms with Crippen LogP contribution in [0.3, 0.4) is 0 Å². The van der Waals surface area contributed by atoms with Gasteiger partial charge in [-0.2, -0.15) is 0 Å². The predicted octanol–water partition coefficient (Wildman–Crippen LogP) is 1.74. The van der Waals surface area contributed by atoms with E-state index in [4.69, 9.17) is 4.74 Å². The normalized spacial score (nSPS) is 22.9. The third-order valence-electron chi connectivity index (χ3n) is 4.38. The molecule has 1 N–H and O–H groups in total. The Morgan fingerprint density at radius 1 is 1.20 bits per heavy atom. The summed E-state index contributed by atoms with van der Waals surface area (Å²) in [6.45, 7) is 4.17. The Labute approximate surface area is 121 Å². The molecule has 2 heterocycles. The molecule has 5 heteroatoms. The molecule has 0 aromatic rings. The molecule has 20 heavy (non-hydrogen) atoms. The van der Waals surface area contributed by atoms with E-state index < -0.39 is 0 Å². The highest BCUT2D eigenvalue weighted by atomic mass is 19.1. The van der Waals surface area contributed by atoms with Crippen LogP contribution in [0, 0.1) is 5.92 Å². The van der Waals surface area contributed by atoms with Crippen LogP contribution >= 0.6 is 0 Å². The number of alkyl halides is 1. The smallest absolute Gasteiger partial charge is 0.220 e. The van der Waals surface area contributed by atoms with Crippen molar-refractivity contribution < 1.29 is 13.9 Å². The van der Waals surface area contributed by atoms with Gasteiger partial charge in [-0.3, -0.25) is 9.18 Å². The van der Waals surface area contributed by atoms with Gasteiger partial charge in [-0.15, -0.1) is 0 Å². The Kier molecular flexibility index (Phi) is 6.73. The van der Waals surface area contributed by atoms with Crippen molar-refractivity contribution in [3.63, 3.8) is 0 Å². The third-order valence-corrected chi connectivity index (χ3v) is 4.38. The average molecular weight is 286 g/mol. The number of amides is 1. The van der Waals surface area contributed by atoms with Crippen LogP contribution in [0.25, 0.3) is 0 Å². The van der Waals surface area contributed by atoms with Crippen LogP contribution in [-0.4, -0.2) is 56.4 Å². The fourth-order valence-corrected chi connectivity index (χ4v) is 3.09. The number of piperidine rings is 1. The molecule has 0 bridgehead atoms. The van der Waals surface area contributed by atoms with E-state index in [0.717, 1.165) is 58.5 Å². The molecule has 2 saturated heterocycles. The zero-order valence-electron chi connectivity index (χ0n) is 12.3. The number of carbonyl (C=O) groups excluding carboxylic acids is 1. The Morgan fingerprint density at radius 3 is 2.55 bits per heavy atom.